The Hall–Kier alpha value is -1.15. The number of rotatable bonds is 1. The molecule has 0 atom stereocenters. The van der Waals surface area contributed by atoms with Gasteiger partial charge in [0, 0.05) is 5.56 Å². The van der Waals surface area contributed by atoms with E-state index in [-0.39, 0.29) is 0 Å². The Bertz CT molecular complexity index is 532. The zero-order valence-corrected chi connectivity index (χ0v) is 11.8. The fourth-order valence-electron chi connectivity index (χ4n) is 1.48. The van der Waals surface area contributed by atoms with Gasteiger partial charge in [-0.2, -0.15) is 0 Å². The lowest BCUT2D eigenvalue weighted by Crippen LogP contribution is -2.68. The number of benzene rings is 1. The summed E-state index contributed by atoms with van der Waals surface area (Å²) >= 11 is 6.03. The minimum atomic E-state index is -4.94. The molecule has 2 rings (SSSR count). The summed E-state index contributed by atoms with van der Waals surface area (Å²) in [7, 11) is -1.01. The predicted molar refractivity (Wildman–Crippen MR) is 57.0 cm³/mol. The number of aromatic nitrogens is 2. The van der Waals surface area contributed by atoms with Crippen molar-refractivity contribution in [3.8, 4) is 11.3 Å². The normalized spacial score (nSPS) is 10.9. The lowest BCUT2D eigenvalue weighted by atomic mass is 10.1. The molecular weight excluding hydrogens is 295 g/mol. The highest BCUT2D eigenvalue weighted by Gasteiger charge is 2.16. The second-order valence-corrected chi connectivity index (χ2v) is 4.79. The SMILES string of the molecule is Cn1c(Cl)cc(-c2ccccc2)[n+]1C.[O-][Cl+3]([O-])([O-])[O-]. The molecule has 0 N–H and O–H groups in total. The van der Waals surface area contributed by atoms with Crippen molar-refractivity contribution in [3.63, 3.8) is 0 Å². The summed E-state index contributed by atoms with van der Waals surface area (Å²) in [4.78, 5) is 0. The van der Waals surface area contributed by atoms with Crippen LogP contribution in [0.1, 0.15) is 0 Å². The molecule has 6 nitrogen and oxygen atoms in total. The van der Waals surface area contributed by atoms with Gasteiger partial charge in [-0.1, -0.05) is 29.8 Å². The summed E-state index contributed by atoms with van der Waals surface area (Å²) in [5.41, 5.74) is 2.30. The van der Waals surface area contributed by atoms with E-state index in [0.29, 0.717) is 0 Å². The van der Waals surface area contributed by atoms with Crippen molar-refractivity contribution in [1.82, 2.24) is 4.68 Å². The largest absolute Gasteiger partial charge is 0.239 e. The molecule has 104 valence electrons. The molecule has 0 radical (unpaired) electrons. The van der Waals surface area contributed by atoms with Gasteiger partial charge in [0.2, 0.25) is 5.69 Å². The van der Waals surface area contributed by atoms with Crippen LogP contribution >= 0.6 is 11.6 Å². The van der Waals surface area contributed by atoms with Gasteiger partial charge in [-0.05, 0) is 12.1 Å². The molecule has 1 aromatic heterocycles. The Morgan fingerprint density at radius 3 is 1.95 bits per heavy atom. The van der Waals surface area contributed by atoms with Crippen LogP contribution in [0.5, 0.6) is 0 Å². The molecule has 1 heterocycles. The van der Waals surface area contributed by atoms with E-state index in [1.807, 2.05) is 47.7 Å². The Balaban J connectivity index is 0.000000312. The molecule has 0 aliphatic carbocycles. The van der Waals surface area contributed by atoms with Crippen molar-refractivity contribution in [1.29, 1.82) is 0 Å². The topological polar surface area (TPSA) is 101 Å². The molecule has 0 aliphatic rings. The molecule has 0 fully saturated rings. The van der Waals surface area contributed by atoms with Crippen molar-refractivity contribution in [2.24, 2.45) is 14.1 Å². The van der Waals surface area contributed by atoms with Crippen LogP contribution in [0.15, 0.2) is 36.4 Å². The molecule has 0 aliphatic heterocycles. The van der Waals surface area contributed by atoms with E-state index in [1.54, 1.807) is 0 Å². The molecule has 0 saturated carbocycles. The van der Waals surface area contributed by atoms with E-state index >= 15 is 0 Å². The van der Waals surface area contributed by atoms with Crippen LogP contribution in [0.3, 0.4) is 0 Å². The number of nitrogens with zero attached hydrogens (tertiary/aromatic N) is 2. The number of hydrogen-bond acceptors (Lipinski definition) is 4. The van der Waals surface area contributed by atoms with Gasteiger partial charge in [0.1, 0.15) is 0 Å². The Morgan fingerprint density at radius 2 is 1.58 bits per heavy atom. The summed E-state index contributed by atoms with van der Waals surface area (Å²) in [6.45, 7) is 0. The first-order valence-electron chi connectivity index (χ1n) is 5.09. The molecule has 0 unspecified atom stereocenters. The van der Waals surface area contributed by atoms with E-state index in [2.05, 4.69) is 12.1 Å². The van der Waals surface area contributed by atoms with Crippen LogP contribution in [0, 0.1) is 10.2 Å². The van der Waals surface area contributed by atoms with Crippen molar-refractivity contribution in [2.75, 3.05) is 0 Å². The van der Waals surface area contributed by atoms with Crippen LogP contribution in [-0.4, -0.2) is 4.68 Å². The highest BCUT2D eigenvalue weighted by atomic mass is 35.7. The zero-order chi connectivity index (χ0) is 14.6. The molecule has 0 bridgehead atoms. The van der Waals surface area contributed by atoms with Crippen LogP contribution in [0.2, 0.25) is 5.15 Å². The molecule has 19 heavy (non-hydrogen) atoms. The quantitative estimate of drug-likeness (QED) is 0.540. The molecule has 1 aromatic carbocycles. The first kappa shape index (κ1) is 15.9. The molecule has 0 spiro atoms. The van der Waals surface area contributed by atoms with Crippen molar-refractivity contribution < 1.29 is 33.6 Å². The third kappa shape index (κ3) is 5.15. The summed E-state index contributed by atoms with van der Waals surface area (Å²) in [5.74, 6) is 0. The van der Waals surface area contributed by atoms with Gasteiger partial charge in [-0.3, -0.25) is 0 Å². The van der Waals surface area contributed by atoms with Crippen molar-refractivity contribution in [2.45, 2.75) is 0 Å². The van der Waals surface area contributed by atoms with Gasteiger partial charge >= 0.3 is 0 Å². The second kappa shape index (κ2) is 6.33. The monoisotopic (exact) mass is 306 g/mol. The molecule has 0 amide bonds. The van der Waals surface area contributed by atoms with Gasteiger partial charge in [0.15, 0.2) is 12.2 Å². The predicted octanol–water partition coefficient (Wildman–Crippen LogP) is -2.59. The van der Waals surface area contributed by atoms with E-state index in [1.165, 1.54) is 5.56 Å². The van der Waals surface area contributed by atoms with E-state index in [9.17, 15) is 0 Å². The highest BCUT2D eigenvalue weighted by molar-refractivity contribution is 6.29. The smallest absolute Gasteiger partial charge is 0.222 e. The van der Waals surface area contributed by atoms with Gasteiger partial charge in [0.25, 0.3) is 0 Å². The standard InChI is InChI=1S/C11H12ClN2.ClHO4/c1-13-10(8-11(12)14(13)2)9-6-4-3-5-7-9;2-1(3,4)5/h3-8H,1-2H3;(H,2,3,4,5)/q+1;/p-1. The van der Waals surface area contributed by atoms with Gasteiger partial charge in [-0.25, -0.2) is 18.6 Å². The fraction of sp³-hybridized carbons (Fsp3) is 0.182. The highest BCUT2D eigenvalue weighted by Crippen LogP contribution is 2.18. The maximum absolute atomic E-state index is 8.49. The summed E-state index contributed by atoms with van der Waals surface area (Å²) in [6.07, 6.45) is 0. The minimum Gasteiger partial charge on any atom is -0.222 e. The minimum absolute atomic E-state index is 0.742. The second-order valence-electron chi connectivity index (χ2n) is 3.64. The maximum Gasteiger partial charge on any atom is 0.239 e. The lowest BCUT2D eigenvalue weighted by Gasteiger charge is -2.17. The van der Waals surface area contributed by atoms with Crippen molar-refractivity contribution in [3.05, 3.63) is 41.6 Å². The fourth-order valence-corrected chi connectivity index (χ4v) is 1.70. The number of hydrogen-bond donors (Lipinski definition) is 0. The number of halogens is 2. The molecule has 2 aromatic rings. The van der Waals surface area contributed by atoms with Crippen LogP contribution in [-0.2, 0) is 14.1 Å². The summed E-state index contributed by atoms with van der Waals surface area (Å²) in [6, 6.07) is 12.2. The van der Waals surface area contributed by atoms with Crippen LogP contribution in [0.25, 0.3) is 11.3 Å². The first-order valence-corrected chi connectivity index (χ1v) is 6.70. The molecule has 0 saturated heterocycles. The van der Waals surface area contributed by atoms with E-state index < -0.39 is 10.2 Å². The maximum atomic E-state index is 8.49. The van der Waals surface area contributed by atoms with Gasteiger partial charge in [0.05, 0.1) is 13.1 Å². The third-order valence-electron chi connectivity index (χ3n) is 2.43. The van der Waals surface area contributed by atoms with Gasteiger partial charge < -0.3 is 0 Å². The Morgan fingerprint density at radius 1 is 1.11 bits per heavy atom. The average molecular weight is 307 g/mol. The third-order valence-corrected chi connectivity index (χ3v) is 2.79. The van der Waals surface area contributed by atoms with Crippen molar-refractivity contribution >= 4 is 11.6 Å². The molecular formula is C11H12Cl2N2O4. The lowest BCUT2D eigenvalue weighted by molar-refractivity contribution is -2.00. The van der Waals surface area contributed by atoms with E-state index in [0.717, 1.165) is 10.8 Å². The average Bonchev–Trinajstić information content (AvgIpc) is 2.56. The van der Waals surface area contributed by atoms with Crippen LogP contribution in [0.4, 0.5) is 0 Å². The summed E-state index contributed by atoms with van der Waals surface area (Å²) < 4.78 is 37.9. The Labute approximate surface area is 117 Å². The Kier molecular flexibility index (Phi) is 5.30. The first-order chi connectivity index (χ1) is 8.70. The summed E-state index contributed by atoms with van der Waals surface area (Å²) in [5, 5.41) is 0.742. The van der Waals surface area contributed by atoms with Gasteiger partial charge in [-0.15, -0.1) is 19.6 Å². The zero-order valence-electron chi connectivity index (χ0n) is 10.2. The molecule has 8 heteroatoms. The van der Waals surface area contributed by atoms with E-state index in [4.69, 9.17) is 30.2 Å². The van der Waals surface area contributed by atoms with Crippen LogP contribution < -0.4 is 23.3 Å².